The first kappa shape index (κ1) is 14.0. The van der Waals surface area contributed by atoms with Gasteiger partial charge in [-0.3, -0.25) is 0 Å². The van der Waals surface area contributed by atoms with Gasteiger partial charge in [-0.15, -0.1) is 0 Å². The topological polar surface area (TPSA) is 29.5 Å². The number of rotatable bonds is 7. The zero-order valence-corrected chi connectivity index (χ0v) is 11.2. The maximum absolute atomic E-state index is 8.76. The minimum absolute atomic E-state index is 0.295. The molecule has 2 heteroatoms. The van der Waals surface area contributed by atoms with Gasteiger partial charge in [0, 0.05) is 6.61 Å². The fraction of sp³-hybridized carbons (Fsp3) is 0.600. The number of unbranched alkanes of at least 4 members (excludes halogenated alkanes) is 2. The normalized spacial score (nSPS) is 10.9. The highest BCUT2D eigenvalue weighted by Crippen LogP contribution is 2.25. The van der Waals surface area contributed by atoms with Gasteiger partial charge in [0.2, 0.25) is 0 Å². The first-order valence-corrected chi connectivity index (χ1v) is 6.46. The second kappa shape index (κ2) is 7.33. The highest BCUT2D eigenvalue weighted by atomic mass is 16.5. The van der Waals surface area contributed by atoms with E-state index in [2.05, 4.69) is 32.0 Å². The Bertz CT molecular complexity index is 332. The van der Waals surface area contributed by atoms with Crippen molar-refractivity contribution in [1.82, 2.24) is 0 Å². The Kier molecular flexibility index (Phi) is 6.06. The van der Waals surface area contributed by atoms with Crippen LogP contribution in [0.2, 0.25) is 0 Å². The second-order valence-corrected chi connectivity index (χ2v) is 4.76. The summed E-state index contributed by atoms with van der Waals surface area (Å²) in [6.07, 6.45) is 4.11. The molecule has 0 fully saturated rings. The summed E-state index contributed by atoms with van der Waals surface area (Å²) in [5, 5.41) is 8.76. The number of hydrogen-bond donors (Lipinski definition) is 1. The van der Waals surface area contributed by atoms with Crippen LogP contribution in [0.25, 0.3) is 0 Å². The van der Waals surface area contributed by atoms with Gasteiger partial charge in [-0.1, -0.05) is 32.4 Å². The minimum Gasteiger partial charge on any atom is -0.496 e. The van der Waals surface area contributed by atoms with E-state index in [1.165, 1.54) is 11.1 Å². The van der Waals surface area contributed by atoms with Crippen molar-refractivity contribution < 1.29 is 9.84 Å². The van der Waals surface area contributed by atoms with E-state index in [9.17, 15) is 0 Å². The van der Waals surface area contributed by atoms with Crippen molar-refractivity contribution >= 4 is 0 Å². The van der Waals surface area contributed by atoms with Crippen LogP contribution in [0.4, 0.5) is 0 Å². The number of methoxy groups -OCH3 is 1. The Morgan fingerprint density at radius 3 is 2.53 bits per heavy atom. The Morgan fingerprint density at radius 2 is 1.94 bits per heavy atom. The highest BCUT2D eigenvalue weighted by molar-refractivity contribution is 5.38. The SMILES string of the molecule is COc1ccc(C(C)C)cc1CCCCCO. The zero-order valence-electron chi connectivity index (χ0n) is 11.2. The summed E-state index contributed by atoms with van der Waals surface area (Å²) in [5.74, 6) is 1.54. The summed E-state index contributed by atoms with van der Waals surface area (Å²) in [6, 6.07) is 6.46. The maximum atomic E-state index is 8.76. The van der Waals surface area contributed by atoms with Gasteiger partial charge in [-0.25, -0.2) is 0 Å². The van der Waals surface area contributed by atoms with Crippen molar-refractivity contribution in [2.45, 2.75) is 45.4 Å². The molecule has 17 heavy (non-hydrogen) atoms. The summed E-state index contributed by atoms with van der Waals surface area (Å²) >= 11 is 0. The molecule has 0 heterocycles. The van der Waals surface area contributed by atoms with Crippen LogP contribution in [-0.2, 0) is 6.42 Å². The molecule has 0 atom stereocenters. The molecule has 96 valence electrons. The maximum Gasteiger partial charge on any atom is 0.122 e. The molecular formula is C15H24O2. The van der Waals surface area contributed by atoms with E-state index in [4.69, 9.17) is 9.84 Å². The van der Waals surface area contributed by atoms with E-state index < -0.39 is 0 Å². The van der Waals surface area contributed by atoms with Gasteiger partial charge < -0.3 is 9.84 Å². The Morgan fingerprint density at radius 1 is 1.18 bits per heavy atom. The largest absolute Gasteiger partial charge is 0.496 e. The molecule has 0 spiro atoms. The van der Waals surface area contributed by atoms with Crippen molar-refractivity contribution in [2.24, 2.45) is 0 Å². The predicted molar refractivity (Wildman–Crippen MR) is 71.7 cm³/mol. The number of aryl methyl sites for hydroxylation is 1. The third-order valence-corrected chi connectivity index (χ3v) is 3.08. The fourth-order valence-electron chi connectivity index (χ4n) is 1.96. The van der Waals surface area contributed by atoms with Crippen LogP contribution < -0.4 is 4.74 Å². The van der Waals surface area contributed by atoms with Crippen molar-refractivity contribution in [1.29, 1.82) is 0 Å². The van der Waals surface area contributed by atoms with E-state index in [0.29, 0.717) is 12.5 Å². The van der Waals surface area contributed by atoms with Crippen molar-refractivity contribution in [3.8, 4) is 5.75 Å². The average Bonchev–Trinajstić information content (AvgIpc) is 2.34. The van der Waals surface area contributed by atoms with Crippen LogP contribution in [-0.4, -0.2) is 18.8 Å². The summed E-state index contributed by atoms with van der Waals surface area (Å²) < 4.78 is 5.39. The first-order chi connectivity index (χ1) is 8.19. The number of benzene rings is 1. The molecule has 0 aliphatic carbocycles. The zero-order chi connectivity index (χ0) is 12.7. The Labute approximate surface area is 105 Å². The smallest absolute Gasteiger partial charge is 0.122 e. The lowest BCUT2D eigenvalue weighted by atomic mass is 9.97. The van der Waals surface area contributed by atoms with E-state index in [0.717, 1.165) is 31.4 Å². The molecule has 0 unspecified atom stereocenters. The van der Waals surface area contributed by atoms with Crippen LogP contribution in [0.15, 0.2) is 18.2 Å². The summed E-state index contributed by atoms with van der Waals surface area (Å²) in [6.45, 7) is 4.71. The third kappa shape index (κ3) is 4.39. The van der Waals surface area contributed by atoms with Gasteiger partial charge in [0.1, 0.15) is 5.75 Å². The number of aliphatic hydroxyl groups is 1. The lowest BCUT2D eigenvalue weighted by molar-refractivity contribution is 0.283. The Balaban J connectivity index is 2.69. The molecular weight excluding hydrogens is 212 g/mol. The summed E-state index contributed by atoms with van der Waals surface area (Å²) in [5.41, 5.74) is 2.65. The molecule has 0 radical (unpaired) electrons. The van der Waals surface area contributed by atoms with Gasteiger partial charge in [0.05, 0.1) is 7.11 Å². The van der Waals surface area contributed by atoms with Gasteiger partial charge in [-0.05, 0) is 42.4 Å². The molecule has 0 aliphatic heterocycles. The average molecular weight is 236 g/mol. The van der Waals surface area contributed by atoms with E-state index >= 15 is 0 Å². The standard InChI is InChI=1S/C15H24O2/c1-12(2)13-8-9-15(17-3)14(11-13)7-5-4-6-10-16/h8-9,11-12,16H,4-7,10H2,1-3H3. The molecule has 2 nitrogen and oxygen atoms in total. The van der Waals surface area contributed by atoms with Crippen LogP contribution >= 0.6 is 0 Å². The van der Waals surface area contributed by atoms with Gasteiger partial charge in [0.25, 0.3) is 0 Å². The van der Waals surface area contributed by atoms with Crippen LogP contribution in [0, 0.1) is 0 Å². The molecule has 0 saturated heterocycles. The first-order valence-electron chi connectivity index (χ1n) is 6.46. The molecule has 1 rings (SSSR count). The Hall–Kier alpha value is -1.02. The van der Waals surface area contributed by atoms with E-state index in [-0.39, 0.29) is 0 Å². The predicted octanol–water partition coefficient (Wildman–Crippen LogP) is 3.52. The minimum atomic E-state index is 0.295. The molecule has 1 aromatic carbocycles. The molecule has 0 aliphatic rings. The third-order valence-electron chi connectivity index (χ3n) is 3.08. The van der Waals surface area contributed by atoms with E-state index in [1.54, 1.807) is 7.11 Å². The van der Waals surface area contributed by atoms with Crippen LogP contribution in [0.5, 0.6) is 5.75 Å². The molecule has 0 amide bonds. The van der Waals surface area contributed by atoms with Crippen molar-refractivity contribution in [2.75, 3.05) is 13.7 Å². The molecule has 1 N–H and O–H groups in total. The fourth-order valence-corrected chi connectivity index (χ4v) is 1.96. The number of ether oxygens (including phenoxy) is 1. The molecule has 0 aromatic heterocycles. The van der Waals surface area contributed by atoms with Crippen LogP contribution in [0.3, 0.4) is 0 Å². The monoisotopic (exact) mass is 236 g/mol. The van der Waals surface area contributed by atoms with Gasteiger partial charge in [-0.2, -0.15) is 0 Å². The van der Waals surface area contributed by atoms with Gasteiger partial charge in [0.15, 0.2) is 0 Å². The quantitative estimate of drug-likeness (QED) is 0.734. The molecule has 0 saturated carbocycles. The summed E-state index contributed by atoms with van der Waals surface area (Å²) in [4.78, 5) is 0. The number of hydrogen-bond acceptors (Lipinski definition) is 2. The number of aliphatic hydroxyl groups excluding tert-OH is 1. The lowest BCUT2D eigenvalue weighted by Gasteiger charge is -2.12. The van der Waals surface area contributed by atoms with Crippen LogP contribution in [0.1, 0.15) is 50.2 Å². The summed E-state index contributed by atoms with van der Waals surface area (Å²) in [7, 11) is 1.72. The lowest BCUT2D eigenvalue weighted by Crippen LogP contribution is -1.96. The van der Waals surface area contributed by atoms with Gasteiger partial charge >= 0.3 is 0 Å². The second-order valence-electron chi connectivity index (χ2n) is 4.76. The van der Waals surface area contributed by atoms with Crippen molar-refractivity contribution in [3.05, 3.63) is 29.3 Å². The highest BCUT2D eigenvalue weighted by Gasteiger charge is 2.06. The molecule has 0 bridgehead atoms. The van der Waals surface area contributed by atoms with E-state index in [1.807, 2.05) is 0 Å². The molecule has 1 aromatic rings. The van der Waals surface area contributed by atoms with Crippen molar-refractivity contribution in [3.63, 3.8) is 0 Å².